The molecular weight excluding hydrogens is 258 g/mol. The van der Waals surface area contributed by atoms with Gasteiger partial charge in [-0.15, -0.1) is 0 Å². The van der Waals surface area contributed by atoms with Crippen LogP contribution >= 0.6 is 11.6 Å². The molecule has 0 aliphatic heterocycles. The molecule has 0 aliphatic carbocycles. The van der Waals surface area contributed by atoms with Gasteiger partial charge in [-0.25, -0.2) is 0 Å². The molecule has 4 nitrogen and oxygen atoms in total. The Kier molecular flexibility index (Phi) is 3.49. The van der Waals surface area contributed by atoms with Gasteiger partial charge in [-0.3, -0.25) is 8.89 Å². The Labute approximate surface area is 107 Å². The molecule has 0 amide bonds. The molecule has 17 heavy (non-hydrogen) atoms. The summed E-state index contributed by atoms with van der Waals surface area (Å²) in [5.74, 6) is 0.354. The van der Waals surface area contributed by atoms with Crippen molar-refractivity contribution in [1.82, 2.24) is 9.78 Å². The summed E-state index contributed by atoms with van der Waals surface area (Å²) in [4.78, 5) is 0.597. The van der Waals surface area contributed by atoms with Crippen LogP contribution in [-0.2, 0) is 23.6 Å². The van der Waals surface area contributed by atoms with Gasteiger partial charge >= 0.3 is 0 Å². The minimum atomic E-state index is -1.20. The fourth-order valence-electron chi connectivity index (χ4n) is 1.48. The molecule has 1 unspecified atom stereocenters. The van der Waals surface area contributed by atoms with Crippen molar-refractivity contribution in [2.75, 3.05) is 5.73 Å². The molecule has 90 valence electrons. The summed E-state index contributed by atoms with van der Waals surface area (Å²) in [6.45, 7) is 0. The van der Waals surface area contributed by atoms with Gasteiger partial charge in [0.2, 0.25) is 0 Å². The molecule has 2 N–H and O–H groups in total. The van der Waals surface area contributed by atoms with Crippen molar-refractivity contribution in [1.29, 1.82) is 0 Å². The lowest BCUT2D eigenvalue weighted by Crippen LogP contribution is -2.02. The summed E-state index contributed by atoms with van der Waals surface area (Å²) >= 11 is 5.79. The normalized spacial score (nSPS) is 12.6. The van der Waals surface area contributed by atoms with Gasteiger partial charge in [0.1, 0.15) is 0 Å². The first-order chi connectivity index (χ1) is 8.06. The van der Waals surface area contributed by atoms with Gasteiger partial charge in [0, 0.05) is 24.0 Å². The third kappa shape index (κ3) is 2.87. The lowest BCUT2D eigenvalue weighted by molar-refractivity contribution is 0.681. The largest absolute Gasteiger partial charge is 0.398 e. The van der Waals surface area contributed by atoms with E-state index in [9.17, 15) is 4.21 Å². The topological polar surface area (TPSA) is 60.9 Å². The van der Waals surface area contributed by atoms with Gasteiger partial charge in [0.05, 0.1) is 27.1 Å². The van der Waals surface area contributed by atoms with Gasteiger partial charge < -0.3 is 5.73 Å². The Morgan fingerprint density at radius 3 is 2.82 bits per heavy atom. The Balaban J connectivity index is 2.20. The van der Waals surface area contributed by atoms with Gasteiger partial charge in [-0.05, 0) is 24.3 Å². The summed E-state index contributed by atoms with van der Waals surface area (Å²) in [7, 11) is 0.622. The number of rotatable bonds is 3. The summed E-state index contributed by atoms with van der Waals surface area (Å²) in [5.41, 5.74) is 7.01. The lowest BCUT2D eigenvalue weighted by atomic mass is 10.3. The van der Waals surface area contributed by atoms with Crippen LogP contribution in [0.5, 0.6) is 0 Å². The quantitative estimate of drug-likeness (QED) is 0.867. The smallest absolute Gasteiger partial charge is 0.0753 e. The van der Waals surface area contributed by atoms with E-state index in [4.69, 9.17) is 17.3 Å². The van der Waals surface area contributed by atoms with Crippen LogP contribution in [0.2, 0.25) is 5.02 Å². The minimum Gasteiger partial charge on any atom is -0.398 e. The van der Waals surface area contributed by atoms with Crippen LogP contribution in [0.3, 0.4) is 0 Å². The maximum atomic E-state index is 12.1. The number of nitrogen functional groups attached to an aromatic ring is 1. The van der Waals surface area contributed by atoms with E-state index in [1.165, 1.54) is 0 Å². The van der Waals surface area contributed by atoms with Crippen molar-refractivity contribution < 1.29 is 4.21 Å². The summed E-state index contributed by atoms with van der Waals surface area (Å²) < 4.78 is 13.8. The van der Waals surface area contributed by atoms with Crippen molar-refractivity contribution in [2.24, 2.45) is 7.05 Å². The third-order valence-corrected chi connectivity index (χ3v) is 3.92. The maximum Gasteiger partial charge on any atom is 0.0753 e. The van der Waals surface area contributed by atoms with Crippen LogP contribution in [0.1, 0.15) is 5.69 Å². The van der Waals surface area contributed by atoms with E-state index in [1.54, 1.807) is 22.9 Å². The van der Waals surface area contributed by atoms with E-state index in [2.05, 4.69) is 5.10 Å². The van der Waals surface area contributed by atoms with E-state index in [1.807, 2.05) is 19.3 Å². The Morgan fingerprint density at radius 1 is 1.47 bits per heavy atom. The van der Waals surface area contributed by atoms with Crippen LogP contribution in [0.25, 0.3) is 0 Å². The fraction of sp³-hybridized carbons (Fsp3) is 0.182. The second-order valence-corrected chi connectivity index (χ2v) is 5.51. The molecule has 1 aromatic heterocycles. The third-order valence-electron chi connectivity index (χ3n) is 2.26. The first kappa shape index (κ1) is 12.1. The first-order valence-electron chi connectivity index (χ1n) is 4.98. The van der Waals surface area contributed by atoms with Gasteiger partial charge in [0.15, 0.2) is 0 Å². The number of aryl methyl sites for hydroxylation is 1. The van der Waals surface area contributed by atoms with Crippen molar-refractivity contribution in [3.8, 4) is 0 Å². The van der Waals surface area contributed by atoms with Crippen molar-refractivity contribution >= 4 is 28.1 Å². The Hall–Kier alpha value is -1.33. The van der Waals surface area contributed by atoms with E-state index in [-0.39, 0.29) is 0 Å². The number of hydrogen-bond donors (Lipinski definition) is 1. The molecule has 6 heteroatoms. The van der Waals surface area contributed by atoms with Gasteiger partial charge in [0.25, 0.3) is 0 Å². The minimum absolute atomic E-state index is 0.354. The predicted octanol–water partition coefficient (Wildman–Crippen LogP) is 1.96. The zero-order chi connectivity index (χ0) is 12.4. The van der Waals surface area contributed by atoms with Crippen LogP contribution in [-0.4, -0.2) is 14.0 Å². The summed E-state index contributed by atoms with van der Waals surface area (Å²) in [6, 6.07) is 6.82. The molecule has 0 saturated carbocycles. The summed E-state index contributed by atoms with van der Waals surface area (Å²) in [6.07, 6.45) is 1.82. The number of nitrogens with zero attached hydrogens (tertiary/aromatic N) is 2. The maximum absolute atomic E-state index is 12.1. The van der Waals surface area contributed by atoms with Gasteiger partial charge in [-0.1, -0.05) is 11.6 Å². The molecule has 0 fully saturated rings. The standard InChI is InChI=1S/C11H12ClN3OS/c1-15-5-4-9(14-15)7-17(16)11-3-2-8(12)6-10(11)13/h2-6H,7,13H2,1H3. The number of anilines is 1. The zero-order valence-electron chi connectivity index (χ0n) is 9.26. The Morgan fingerprint density at radius 2 is 2.24 bits per heavy atom. The van der Waals surface area contributed by atoms with Crippen molar-refractivity contribution in [3.05, 3.63) is 41.2 Å². The van der Waals surface area contributed by atoms with E-state index in [0.717, 1.165) is 5.69 Å². The second-order valence-electron chi connectivity index (χ2n) is 3.65. The highest BCUT2D eigenvalue weighted by molar-refractivity contribution is 7.84. The fourth-order valence-corrected chi connectivity index (χ4v) is 2.78. The highest BCUT2D eigenvalue weighted by Gasteiger charge is 2.10. The number of aromatic nitrogens is 2. The number of benzene rings is 1. The van der Waals surface area contributed by atoms with Crippen molar-refractivity contribution in [2.45, 2.75) is 10.6 Å². The highest BCUT2D eigenvalue weighted by Crippen LogP contribution is 2.22. The summed E-state index contributed by atoms with van der Waals surface area (Å²) in [5, 5.41) is 4.72. The predicted molar refractivity (Wildman–Crippen MR) is 69.2 cm³/mol. The average Bonchev–Trinajstić information content (AvgIpc) is 2.63. The molecule has 2 rings (SSSR count). The van der Waals surface area contributed by atoms with Crippen LogP contribution in [0.15, 0.2) is 35.4 Å². The number of hydrogen-bond acceptors (Lipinski definition) is 3. The van der Waals surface area contributed by atoms with Crippen LogP contribution in [0, 0.1) is 0 Å². The molecule has 2 aromatic rings. The first-order valence-corrected chi connectivity index (χ1v) is 6.68. The van der Waals surface area contributed by atoms with E-state index < -0.39 is 10.8 Å². The number of nitrogens with two attached hydrogens (primary N) is 1. The van der Waals surface area contributed by atoms with E-state index >= 15 is 0 Å². The van der Waals surface area contributed by atoms with E-state index in [0.29, 0.717) is 21.4 Å². The monoisotopic (exact) mass is 269 g/mol. The molecule has 0 radical (unpaired) electrons. The van der Waals surface area contributed by atoms with Crippen LogP contribution < -0.4 is 5.73 Å². The molecular formula is C11H12ClN3OS. The Bertz CT molecular complexity index is 568. The SMILES string of the molecule is Cn1ccc(CS(=O)c2ccc(Cl)cc2N)n1. The average molecular weight is 270 g/mol. The van der Waals surface area contributed by atoms with Gasteiger partial charge in [-0.2, -0.15) is 5.10 Å². The second kappa shape index (κ2) is 4.89. The zero-order valence-corrected chi connectivity index (χ0v) is 10.8. The van der Waals surface area contributed by atoms with Crippen molar-refractivity contribution in [3.63, 3.8) is 0 Å². The molecule has 0 aliphatic rings. The molecule has 0 spiro atoms. The lowest BCUT2D eigenvalue weighted by Gasteiger charge is -2.04. The molecule has 1 heterocycles. The number of halogens is 1. The van der Waals surface area contributed by atoms with Crippen LogP contribution in [0.4, 0.5) is 5.69 Å². The molecule has 1 atom stereocenters. The molecule has 0 bridgehead atoms. The molecule has 0 saturated heterocycles. The highest BCUT2D eigenvalue weighted by atomic mass is 35.5. The molecule has 1 aromatic carbocycles.